The Morgan fingerprint density at radius 1 is 1.17 bits per heavy atom. The second-order valence-corrected chi connectivity index (χ2v) is 8.43. The van der Waals surface area contributed by atoms with E-state index in [1.807, 2.05) is 13.0 Å². The second-order valence-electron chi connectivity index (χ2n) is 6.67. The second kappa shape index (κ2) is 9.29. The summed E-state index contributed by atoms with van der Waals surface area (Å²) >= 11 is 0. The maximum atomic E-state index is 12.4. The molecule has 1 fully saturated rings. The molecule has 0 atom stereocenters. The van der Waals surface area contributed by atoms with Crippen molar-refractivity contribution in [1.29, 1.82) is 0 Å². The van der Waals surface area contributed by atoms with Crippen LogP contribution in [0, 0.1) is 6.92 Å². The molecule has 0 saturated carbocycles. The molecule has 0 spiro atoms. The lowest BCUT2D eigenvalue weighted by Crippen LogP contribution is -2.37. The zero-order valence-electron chi connectivity index (χ0n) is 16.5. The van der Waals surface area contributed by atoms with E-state index in [4.69, 9.17) is 4.74 Å². The summed E-state index contributed by atoms with van der Waals surface area (Å²) in [6.45, 7) is 6.62. The number of hydrogen-bond acceptors (Lipinski definition) is 8. The molecule has 0 amide bonds. The molecule has 1 aromatic heterocycles. The van der Waals surface area contributed by atoms with E-state index in [1.165, 1.54) is 19.1 Å². The number of carbonyl (C=O) groups is 1. The van der Waals surface area contributed by atoms with Crippen molar-refractivity contribution in [3.8, 4) is 0 Å². The minimum atomic E-state index is -3.70. The van der Waals surface area contributed by atoms with Crippen molar-refractivity contribution in [2.24, 2.45) is 0 Å². The third-order valence-corrected chi connectivity index (χ3v) is 5.89. The summed E-state index contributed by atoms with van der Waals surface area (Å²) in [6, 6.07) is 7.83. The Labute approximate surface area is 170 Å². The van der Waals surface area contributed by atoms with Crippen LogP contribution in [0.25, 0.3) is 0 Å². The molecule has 0 unspecified atom stereocenters. The van der Waals surface area contributed by atoms with E-state index < -0.39 is 10.0 Å². The fourth-order valence-corrected chi connectivity index (χ4v) is 4.02. The highest BCUT2D eigenvalue weighted by Gasteiger charge is 2.16. The first-order chi connectivity index (χ1) is 13.8. The van der Waals surface area contributed by atoms with E-state index in [1.54, 1.807) is 12.1 Å². The monoisotopic (exact) mass is 419 g/mol. The van der Waals surface area contributed by atoms with Gasteiger partial charge < -0.3 is 15.0 Å². The molecule has 10 heteroatoms. The van der Waals surface area contributed by atoms with Crippen molar-refractivity contribution in [3.05, 3.63) is 41.7 Å². The largest absolute Gasteiger partial charge is 0.378 e. The smallest absolute Gasteiger partial charge is 0.240 e. The number of morpholine rings is 1. The van der Waals surface area contributed by atoms with Gasteiger partial charge in [-0.3, -0.25) is 4.79 Å². The van der Waals surface area contributed by atoms with Gasteiger partial charge in [-0.25, -0.2) is 23.1 Å². The van der Waals surface area contributed by atoms with Crippen LogP contribution in [0.4, 0.5) is 11.6 Å². The van der Waals surface area contributed by atoms with Gasteiger partial charge in [0, 0.05) is 37.8 Å². The first-order valence-electron chi connectivity index (χ1n) is 9.38. The minimum Gasteiger partial charge on any atom is -0.378 e. The van der Waals surface area contributed by atoms with Gasteiger partial charge in [-0.2, -0.15) is 0 Å². The van der Waals surface area contributed by atoms with Gasteiger partial charge in [0.2, 0.25) is 10.0 Å². The van der Waals surface area contributed by atoms with Crippen molar-refractivity contribution in [2.75, 3.05) is 49.6 Å². The predicted octanol–water partition coefficient (Wildman–Crippen LogP) is 1.21. The van der Waals surface area contributed by atoms with E-state index in [-0.39, 0.29) is 17.2 Å². The number of Topliss-reactive ketones (excluding diaryl/α,β-unsaturated/α-hetero) is 1. The standard InChI is InChI=1S/C19H25N5O4S/c1-14(25)16-4-3-5-17(12-16)29(26,27)21-7-6-20-18-13-19(23-15(2)22-18)24-8-10-28-11-9-24/h3-5,12-13,21H,6-11H2,1-2H3,(H,20,22,23). The van der Waals surface area contributed by atoms with E-state index in [0.29, 0.717) is 37.0 Å². The Morgan fingerprint density at radius 2 is 1.93 bits per heavy atom. The number of sulfonamides is 1. The van der Waals surface area contributed by atoms with Gasteiger partial charge >= 0.3 is 0 Å². The number of nitrogens with one attached hydrogen (secondary N) is 2. The maximum absolute atomic E-state index is 12.4. The van der Waals surface area contributed by atoms with Crippen LogP contribution >= 0.6 is 0 Å². The molecule has 29 heavy (non-hydrogen) atoms. The Balaban J connectivity index is 1.58. The minimum absolute atomic E-state index is 0.0673. The number of carbonyl (C=O) groups excluding carboxylic acids is 1. The lowest BCUT2D eigenvalue weighted by atomic mass is 10.2. The number of aryl methyl sites for hydroxylation is 1. The van der Waals surface area contributed by atoms with Gasteiger partial charge in [-0.1, -0.05) is 12.1 Å². The maximum Gasteiger partial charge on any atom is 0.240 e. The summed E-state index contributed by atoms with van der Waals surface area (Å²) in [6.07, 6.45) is 0. The SMILES string of the molecule is CC(=O)c1cccc(S(=O)(=O)NCCNc2cc(N3CCOCC3)nc(C)n2)c1. The highest BCUT2D eigenvalue weighted by atomic mass is 32.2. The lowest BCUT2D eigenvalue weighted by Gasteiger charge is -2.28. The van der Waals surface area contributed by atoms with Gasteiger partial charge in [0.25, 0.3) is 0 Å². The van der Waals surface area contributed by atoms with Crippen molar-refractivity contribution in [1.82, 2.24) is 14.7 Å². The van der Waals surface area contributed by atoms with Crippen molar-refractivity contribution in [2.45, 2.75) is 18.7 Å². The van der Waals surface area contributed by atoms with Gasteiger partial charge in [-0.15, -0.1) is 0 Å². The summed E-state index contributed by atoms with van der Waals surface area (Å²) < 4.78 is 32.8. The lowest BCUT2D eigenvalue weighted by molar-refractivity contribution is 0.101. The average molecular weight is 420 g/mol. The van der Waals surface area contributed by atoms with Crippen LogP contribution in [-0.2, 0) is 14.8 Å². The van der Waals surface area contributed by atoms with E-state index >= 15 is 0 Å². The molecule has 1 aromatic carbocycles. The molecule has 3 rings (SSSR count). The van der Waals surface area contributed by atoms with Gasteiger partial charge in [0.15, 0.2) is 5.78 Å². The number of anilines is 2. The van der Waals surface area contributed by atoms with E-state index in [2.05, 4.69) is 24.9 Å². The topological polar surface area (TPSA) is 114 Å². The molecular formula is C19H25N5O4S. The third kappa shape index (κ3) is 5.72. The molecule has 2 heterocycles. The van der Waals surface area contributed by atoms with Crippen LogP contribution in [0.5, 0.6) is 0 Å². The highest BCUT2D eigenvalue weighted by Crippen LogP contribution is 2.17. The Kier molecular flexibility index (Phi) is 6.78. The normalized spacial score (nSPS) is 14.6. The number of ether oxygens (including phenoxy) is 1. The number of ketones is 1. The Hall–Kier alpha value is -2.56. The molecule has 1 aliphatic heterocycles. The van der Waals surface area contributed by atoms with Gasteiger partial charge in [0.05, 0.1) is 18.1 Å². The highest BCUT2D eigenvalue weighted by molar-refractivity contribution is 7.89. The van der Waals surface area contributed by atoms with Gasteiger partial charge in [0.1, 0.15) is 17.5 Å². The van der Waals surface area contributed by atoms with Crippen LogP contribution in [0.3, 0.4) is 0 Å². The summed E-state index contributed by atoms with van der Waals surface area (Å²) in [5, 5.41) is 3.13. The zero-order chi connectivity index (χ0) is 20.9. The zero-order valence-corrected chi connectivity index (χ0v) is 17.3. The fourth-order valence-electron chi connectivity index (χ4n) is 2.94. The van der Waals surface area contributed by atoms with Gasteiger partial charge in [-0.05, 0) is 26.0 Å². The summed E-state index contributed by atoms with van der Waals surface area (Å²) in [5.74, 6) is 1.92. The van der Waals surface area contributed by atoms with Crippen LogP contribution in [0.1, 0.15) is 23.1 Å². The molecule has 2 N–H and O–H groups in total. The summed E-state index contributed by atoms with van der Waals surface area (Å²) in [7, 11) is -3.70. The van der Waals surface area contributed by atoms with Crippen molar-refractivity contribution >= 4 is 27.4 Å². The number of nitrogens with zero attached hydrogens (tertiary/aromatic N) is 3. The summed E-state index contributed by atoms with van der Waals surface area (Å²) in [5.41, 5.74) is 0.359. The Morgan fingerprint density at radius 3 is 2.66 bits per heavy atom. The first kappa shape index (κ1) is 21.2. The number of hydrogen-bond donors (Lipinski definition) is 2. The molecule has 9 nitrogen and oxygen atoms in total. The molecule has 0 radical (unpaired) electrons. The van der Waals surface area contributed by atoms with E-state index in [0.717, 1.165) is 18.9 Å². The molecule has 0 aliphatic carbocycles. The number of benzene rings is 1. The molecule has 0 bridgehead atoms. The summed E-state index contributed by atoms with van der Waals surface area (Å²) in [4.78, 5) is 22.5. The quantitative estimate of drug-likeness (QED) is 0.485. The predicted molar refractivity (Wildman–Crippen MR) is 110 cm³/mol. The van der Waals surface area contributed by atoms with Crippen molar-refractivity contribution < 1.29 is 17.9 Å². The molecule has 156 valence electrons. The van der Waals surface area contributed by atoms with Crippen LogP contribution in [0.15, 0.2) is 35.2 Å². The van der Waals surface area contributed by atoms with Crippen molar-refractivity contribution in [3.63, 3.8) is 0 Å². The molecule has 2 aromatic rings. The molecule has 1 saturated heterocycles. The third-order valence-electron chi connectivity index (χ3n) is 4.43. The van der Waals surface area contributed by atoms with Crippen LogP contribution < -0.4 is 14.9 Å². The Bertz CT molecular complexity index is 974. The molecule has 1 aliphatic rings. The molecular weight excluding hydrogens is 394 g/mol. The number of rotatable bonds is 8. The van der Waals surface area contributed by atoms with Crippen LogP contribution in [0.2, 0.25) is 0 Å². The van der Waals surface area contributed by atoms with E-state index in [9.17, 15) is 13.2 Å². The fraction of sp³-hybridized carbons (Fsp3) is 0.421. The average Bonchev–Trinajstić information content (AvgIpc) is 2.71. The number of aromatic nitrogens is 2. The van der Waals surface area contributed by atoms with Crippen LogP contribution in [-0.4, -0.2) is 63.6 Å². The first-order valence-corrected chi connectivity index (χ1v) is 10.9.